The van der Waals surface area contributed by atoms with E-state index in [-0.39, 0.29) is 29.8 Å². The van der Waals surface area contributed by atoms with Crippen LogP contribution in [0.5, 0.6) is 0 Å². The molecule has 114 valence electrons. The van der Waals surface area contributed by atoms with Crippen molar-refractivity contribution >= 4 is 5.91 Å². The lowest BCUT2D eigenvalue weighted by Crippen LogP contribution is -2.54. The summed E-state index contributed by atoms with van der Waals surface area (Å²) in [6.07, 6.45) is 8.17. The van der Waals surface area contributed by atoms with Gasteiger partial charge in [-0.1, -0.05) is 25.8 Å². The van der Waals surface area contributed by atoms with E-state index in [1.54, 1.807) is 0 Å². The van der Waals surface area contributed by atoms with Gasteiger partial charge in [0.15, 0.2) is 5.72 Å². The molecular weight excluding hydrogens is 266 g/mol. The first-order valence-electron chi connectivity index (χ1n) is 8.51. The number of aliphatic hydroxyl groups is 1. The zero-order valence-corrected chi connectivity index (χ0v) is 12.3. The number of aliphatic hydroxyl groups excluding tert-OH is 1. The Morgan fingerprint density at radius 2 is 2.05 bits per heavy atom. The van der Waals surface area contributed by atoms with E-state index >= 15 is 0 Å². The molecule has 2 saturated heterocycles. The van der Waals surface area contributed by atoms with Crippen molar-refractivity contribution in [3.05, 3.63) is 12.7 Å². The minimum atomic E-state index is -0.620. The molecule has 0 radical (unpaired) electrons. The Balaban J connectivity index is 1.60. The summed E-state index contributed by atoms with van der Waals surface area (Å²) in [7, 11) is 0. The Morgan fingerprint density at radius 1 is 1.29 bits per heavy atom. The molecule has 0 aromatic carbocycles. The van der Waals surface area contributed by atoms with Gasteiger partial charge in [0.1, 0.15) is 0 Å². The second-order valence-electron chi connectivity index (χ2n) is 7.64. The number of carbonyl (C=O) groups is 1. The fourth-order valence-corrected chi connectivity index (χ4v) is 6.32. The molecule has 5 rings (SSSR count). The van der Waals surface area contributed by atoms with Crippen LogP contribution in [0, 0.1) is 23.7 Å². The third-order valence-corrected chi connectivity index (χ3v) is 6.98. The first kappa shape index (κ1) is 12.7. The molecule has 5 aliphatic rings. The highest BCUT2D eigenvalue weighted by atomic mass is 16.6. The van der Waals surface area contributed by atoms with Gasteiger partial charge >= 0.3 is 0 Å². The number of ether oxygens (including phenoxy) is 1. The van der Waals surface area contributed by atoms with Crippen LogP contribution in [0.4, 0.5) is 0 Å². The molecule has 0 spiro atoms. The van der Waals surface area contributed by atoms with Gasteiger partial charge in [0.25, 0.3) is 0 Å². The monoisotopic (exact) mass is 289 g/mol. The van der Waals surface area contributed by atoms with Gasteiger partial charge in [0.05, 0.1) is 18.1 Å². The maximum Gasteiger partial charge on any atom is 0.229 e. The number of hydrogen-bond acceptors (Lipinski definition) is 3. The van der Waals surface area contributed by atoms with Crippen LogP contribution in [-0.2, 0) is 9.53 Å². The number of carbonyl (C=O) groups excluding carboxylic acids is 1. The summed E-state index contributed by atoms with van der Waals surface area (Å²) in [4.78, 5) is 15.2. The van der Waals surface area contributed by atoms with Crippen LogP contribution in [-0.4, -0.2) is 39.9 Å². The molecule has 1 N–H and O–H groups in total. The zero-order valence-electron chi connectivity index (χ0n) is 12.3. The number of fused-ring (bicyclic) bond motifs is 2. The maximum atomic E-state index is 13.1. The van der Waals surface area contributed by atoms with E-state index < -0.39 is 11.8 Å². The third kappa shape index (κ3) is 1.25. The number of amides is 1. The van der Waals surface area contributed by atoms with Gasteiger partial charge in [-0.2, -0.15) is 0 Å². The second kappa shape index (κ2) is 3.90. The number of likely N-dealkylation sites (tertiary alicyclic amines) is 1. The van der Waals surface area contributed by atoms with E-state index in [4.69, 9.17) is 4.74 Å². The third-order valence-electron chi connectivity index (χ3n) is 6.98. The van der Waals surface area contributed by atoms with Gasteiger partial charge in [-0.15, -0.1) is 0 Å². The molecule has 3 saturated carbocycles. The quantitative estimate of drug-likeness (QED) is 0.787. The largest absolute Gasteiger partial charge is 0.390 e. The van der Waals surface area contributed by atoms with Crippen molar-refractivity contribution in [2.45, 2.75) is 62.5 Å². The highest BCUT2D eigenvalue weighted by Crippen LogP contribution is 2.68. The van der Waals surface area contributed by atoms with Crippen LogP contribution in [0.2, 0.25) is 0 Å². The molecule has 0 aromatic rings. The summed E-state index contributed by atoms with van der Waals surface area (Å²) in [5, 5.41) is 10.4. The Labute approximate surface area is 125 Å². The summed E-state index contributed by atoms with van der Waals surface area (Å²) in [6.45, 7) is 4.03. The Morgan fingerprint density at radius 3 is 2.76 bits per heavy atom. The van der Waals surface area contributed by atoms with Crippen molar-refractivity contribution in [3.63, 3.8) is 0 Å². The van der Waals surface area contributed by atoms with Crippen molar-refractivity contribution < 1.29 is 14.6 Å². The van der Waals surface area contributed by atoms with Crippen LogP contribution >= 0.6 is 0 Å². The molecule has 3 aliphatic carbocycles. The molecule has 21 heavy (non-hydrogen) atoms. The summed E-state index contributed by atoms with van der Waals surface area (Å²) in [5.74, 6) is 0.918. The van der Waals surface area contributed by atoms with Crippen LogP contribution in [0.1, 0.15) is 38.5 Å². The average molecular weight is 289 g/mol. The summed E-state index contributed by atoms with van der Waals surface area (Å²) in [6, 6.07) is 0.310. The highest BCUT2D eigenvalue weighted by molar-refractivity contribution is 5.85. The van der Waals surface area contributed by atoms with E-state index in [0.717, 1.165) is 19.3 Å². The minimum absolute atomic E-state index is 0.0244. The molecule has 7 atom stereocenters. The molecule has 0 aromatic heterocycles. The van der Waals surface area contributed by atoms with E-state index in [1.165, 1.54) is 19.3 Å². The topological polar surface area (TPSA) is 49.8 Å². The van der Waals surface area contributed by atoms with Crippen LogP contribution in [0.15, 0.2) is 12.7 Å². The molecule has 7 unspecified atom stereocenters. The van der Waals surface area contributed by atoms with E-state index in [1.807, 2.05) is 6.08 Å². The van der Waals surface area contributed by atoms with Crippen LogP contribution < -0.4 is 0 Å². The predicted octanol–water partition coefficient (Wildman–Crippen LogP) is 1.69. The standard InChI is InChI=1S/C17H23NO3/c1-2-17-13-11-8-10(14(19)15(11)21-17)12(13)16(20)18(17)9-6-4-3-5-7-9/h2,9-15,19H,1,3-8H2. The van der Waals surface area contributed by atoms with E-state index in [9.17, 15) is 9.90 Å². The smallest absolute Gasteiger partial charge is 0.229 e. The van der Waals surface area contributed by atoms with Gasteiger partial charge in [-0.05, 0) is 37.2 Å². The summed E-state index contributed by atoms with van der Waals surface area (Å²) in [5.41, 5.74) is -0.620. The molecule has 5 fully saturated rings. The normalized spacial score (nSPS) is 54.7. The summed E-state index contributed by atoms with van der Waals surface area (Å²) >= 11 is 0. The number of hydrogen-bond donors (Lipinski definition) is 1. The Kier molecular flexibility index (Phi) is 2.35. The number of rotatable bonds is 2. The van der Waals surface area contributed by atoms with Gasteiger partial charge < -0.3 is 14.7 Å². The molecule has 4 heteroatoms. The van der Waals surface area contributed by atoms with Crippen molar-refractivity contribution in [2.24, 2.45) is 23.7 Å². The van der Waals surface area contributed by atoms with Crippen LogP contribution in [0.25, 0.3) is 0 Å². The van der Waals surface area contributed by atoms with Crippen molar-refractivity contribution in [3.8, 4) is 0 Å². The molecule has 2 aliphatic heterocycles. The lowest BCUT2D eigenvalue weighted by molar-refractivity contribution is -0.173. The molecule has 4 nitrogen and oxygen atoms in total. The fourth-order valence-electron chi connectivity index (χ4n) is 6.32. The zero-order chi connectivity index (χ0) is 14.4. The first-order valence-corrected chi connectivity index (χ1v) is 8.51. The first-order chi connectivity index (χ1) is 10.2. The number of nitrogens with zero attached hydrogens (tertiary/aromatic N) is 1. The van der Waals surface area contributed by atoms with E-state index in [0.29, 0.717) is 12.0 Å². The predicted molar refractivity (Wildman–Crippen MR) is 76.1 cm³/mol. The fraction of sp³-hybridized carbons (Fsp3) is 0.824. The van der Waals surface area contributed by atoms with Gasteiger partial charge in [-0.25, -0.2) is 0 Å². The second-order valence-corrected chi connectivity index (χ2v) is 7.64. The summed E-state index contributed by atoms with van der Waals surface area (Å²) < 4.78 is 6.35. The minimum Gasteiger partial charge on any atom is -0.390 e. The highest BCUT2D eigenvalue weighted by Gasteiger charge is 2.78. The molecule has 2 bridgehead atoms. The van der Waals surface area contributed by atoms with Crippen LogP contribution in [0.3, 0.4) is 0 Å². The average Bonchev–Trinajstić information content (AvgIpc) is 3.16. The van der Waals surface area contributed by atoms with Crippen molar-refractivity contribution in [1.82, 2.24) is 4.90 Å². The van der Waals surface area contributed by atoms with Gasteiger partial charge in [0.2, 0.25) is 5.91 Å². The van der Waals surface area contributed by atoms with E-state index in [2.05, 4.69) is 11.5 Å². The Bertz CT molecular complexity index is 514. The maximum absolute atomic E-state index is 13.1. The van der Waals surface area contributed by atoms with Gasteiger partial charge in [-0.3, -0.25) is 4.79 Å². The Hall–Kier alpha value is -0.870. The molecular formula is C17H23NO3. The van der Waals surface area contributed by atoms with Crippen molar-refractivity contribution in [1.29, 1.82) is 0 Å². The lowest BCUT2D eigenvalue weighted by atomic mass is 9.77. The lowest BCUT2D eigenvalue weighted by Gasteiger charge is -2.43. The molecule has 1 amide bonds. The van der Waals surface area contributed by atoms with Crippen molar-refractivity contribution in [2.75, 3.05) is 0 Å². The molecule has 2 heterocycles. The van der Waals surface area contributed by atoms with Gasteiger partial charge in [0, 0.05) is 12.0 Å². The SMILES string of the molecule is C=CC12OC3C(O)C4CC3C1C4C(=O)N2C1CCCCC1.